The molecule has 0 aliphatic carbocycles. The van der Waals surface area contributed by atoms with Crippen molar-refractivity contribution in [3.8, 4) is 5.75 Å². The number of benzene rings is 1. The SMILES string of the molecule is CCN(CC)CCn1c(=Nc2ccc(OC)cc2)sc2ncccc2c1=O. The minimum absolute atomic E-state index is 0.0451. The first-order chi connectivity index (χ1) is 13.2. The van der Waals surface area contributed by atoms with E-state index in [2.05, 4.69) is 23.7 Å². The lowest BCUT2D eigenvalue weighted by Crippen LogP contribution is -2.37. The molecule has 0 atom stereocenters. The molecule has 0 bridgehead atoms. The Hall–Kier alpha value is -2.51. The first-order valence-electron chi connectivity index (χ1n) is 9.06. The van der Waals surface area contributed by atoms with Crippen LogP contribution in [-0.4, -0.2) is 41.2 Å². The number of pyridine rings is 1. The van der Waals surface area contributed by atoms with Gasteiger partial charge in [-0.3, -0.25) is 9.36 Å². The van der Waals surface area contributed by atoms with Crippen molar-refractivity contribution >= 4 is 27.2 Å². The third kappa shape index (κ3) is 4.43. The van der Waals surface area contributed by atoms with E-state index < -0.39 is 0 Å². The van der Waals surface area contributed by atoms with Gasteiger partial charge in [0, 0.05) is 19.3 Å². The van der Waals surface area contributed by atoms with E-state index in [4.69, 9.17) is 9.73 Å². The minimum atomic E-state index is -0.0451. The van der Waals surface area contributed by atoms with Crippen molar-refractivity contribution in [1.29, 1.82) is 0 Å². The Morgan fingerprint density at radius 3 is 2.59 bits per heavy atom. The fraction of sp³-hybridized carbons (Fsp3) is 0.350. The van der Waals surface area contributed by atoms with Crippen LogP contribution in [0.25, 0.3) is 10.2 Å². The highest BCUT2D eigenvalue weighted by Crippen LogP contribution is 2.17. The molecule has 0 amide bonds. The molecule has 0 saturated carbocycles. The molecule has 0 fully saturated rings. The molecule has 0 spiro atoms. The largest absolute Gasteiger partial charge is 0.497 e. The minimum Gasteiger partial charge on any atom is -0.497 e. The van der Waals surface area contributed by atoms with Crippen molar-refractivity contribution in [1.82, 2.24) is 14.5 Å². The summed E-state index contributed by atoms with van der Waals surface area (Å²) < 4.78 is 6.96. The molecule has 3 aromatic rings. The van der Waals surface area contributed by atoms with Gasteiger partial charge in [0.25, 0.3) is 5.56 Å². The first-order valence-corrected chi connectivity index (χ1v) is 9.87. The Morgan fingerprint density at radius 1 is 1.19 bits per heavy atom. The van der Waals surface area contributed by atoms with Crippen molar-refractivity contribution in [2.24, 2.45) is 4.99 Å². The van der Waals surface area contributed by atoms with Crippen LogP contribution < -0.4 is 15.1 Å². The van der Waals surface area contributed by atoms with Crippen molar-refractivity contribution < 1.29 is 4.74 Å². The standard InChI is InChI=1S/C20H24N4O2S/c1-4-23(5-2)13-14-24-19(25)17-7-6-12-21-18(17)27-20(24)22-15-8-10-16(26-3)11-9-15/h6-12H,4-5,13-14H2,1-3H3. The second kappa shape index (κ2) is 8.92. The second-order valence-corrected chi connectivity index (χ2v) is 6.99. The summed E-state index contributed by atoms with van der Waals surface area (Å²) >= 11 is 1.43. The van der Waals surface area contributed by atoms with E-state index in [-0.39, 0.29) is 5.56 Å². The van der Waals surface area contributed by atoms with Crippen LogP contribution in [0.3, 0.4) is 0 Å². The zero-order valence-electron chi connectivity index (χ0n) is 15.9. The number of rotatable bonds is 7. The van der Waals surface area contributed by atoms with E-state index in [1.165, 1.54) is 11.3 Å². The van der Waals surface area contributed by atoms with Crippen molar-refractivity contribution in [3.05, 3.63) is 57.8 Å². The number of fused-ring (bicyclic) bond motifs is 1. The van der Waals surface area contributed by atoms with Crippen LogP contribution in [0.2, 0.25) is 0 Å². The molecule has 27 heavy (non-hydrogen) atoms. The second-order valence-electron chi connectivity index (χ2n) is 6.03. The zero-order chi connectivity index (χ0) is 19.2. The fourth-order valence-corrected chi connectivity index (χ4v) is 3.82. The van der Waals surface area contributed by atoms with Crippen LogP contribution in [0.15, 0.2) is 52.4 Å². The topological polar surface area (TPSA) is 59.7 Å². The summed E-state index contributed by atoms with van der Waals surface area (Å²) in [5.74, 6) is 0.775. The molecule has 0 aliphatic heterocycles. The van der Waals surface area contributed by atoms with E-state index >= 15 is 0 Å². The summed E-state index contributed by atoms with van der Waals surface area (Å²) in [6.45, 7) is 7.56. The third-order valence-electron chi connectivity index (χ3n) is 4.50. The van der Waals surface area contributed by atoms with Crippen LogP contribution in [0.4, 0.5) is 5.69 Å². The lowest BCUT2D eigenvalue weighted by atomic mass is 10.3. The van der Waals surface area contributed by atoms with Gasteiger partial charge in [-0.25, -0.2) is 9.98 Å². The van der Waals surface area contributed by atoms with E-state index in [0.29, 0.717) is 21.6 Å². The lowest BCUT2D eigenvalue weighted by molar-refractivity contribution is 0.288. The average Bonchev–Trinajstić information content (AvgIpc) is 2.71. The van der Waals surface area contributed by atoms with E-state index in [1.54, 1.807) is 23.9 Å². The van der Waals surface area contributed by atoms with Gasteiger partial charge in [0.15, 0.2) is 4.80 Å². The van der Waals surface area contributed by atoms with Crippen molar-refractivity contribution in [3.63, 3.8) is 0 Å². The van der Waals surface area contributed by atoms with Crippen LogP contribution in [-0.2, 0) is 6.54 Å². The normalized spacial score (nSPS) is 12.1. The van der Waals surface area contributed by atoms with Gasteiger partial charge in [-0.2, -0.15) is 0 Å². The highest BCUT2D eigenvalue weighted by molar-refractivity contribution is 7.15. The molecule has 0 radical (unpaired) electrons. The number of nitrogens with zero attached hydrogens (tertiary/aromatic N) is 4. The van der Waals surface area contributed by atoms with Gasteiger partial charge < -0.3 is 9.64 Å². The Bertz CT molecular complexity index is 1020. The van der Waals surface area contributed by atoms with Crippen molar-refractivity contribution in [2.45, 2.75) is 20.4 Å². The van der Waals surface area contributed by atoms with Crippen molar-refractivity contribution in [2.75, 3.05) is 26.7 Å². The van der Waals surface area contributed by atoms with Gasteiger partial charge >= 0.3 is 0 Å². The first kappa shape index (κ1) is 19.3. The number of hydrogen-bond donors (Lipinski definition) is 0. The molecule has 2 heterocycles. The monoisotopic (exact) mass is 384 g/mol. The molecule has 2 aromatic heterocycles. The molecule has 0 saturated heterocycles. The predicted octanol–water partition coefficient (Wildman–Crippen LogP) is 3.04. The molecule has 3 rings (SSSR count). The summed E-state index contributed by atoms with van der Waals surface area (Å²) in [6, 6.07) is 11.1. The highest BCUT2D eigenvalue weighted by Gasteiger charge is 2.09. The van der Waals surface area contributed by atoms with Gasteiger partial charge in [-0.05, 0) is 49.5 Å². The van der Waals surface area contributed by atoms with E-state index in [0.717, 1.165) is 31.1 Å². The number of likely N-dealkylation sites (N-methyl/N-ethyl adjacent to an activating group) is 1. The summed E-state index contributed by atoms with van der Waals surface area (Å²) in [7, 11) is 1.63. The smallest absolute Gasteiger partial charge is 0.263 e. The maximum atomic E-state index is 13.1. The quantitative estimate of drug-likeness (QED) is 0.628. The summed E-state index contributed by atoms with van der Waals surface area (Å²) in [6.07, 6.45) is 1.70. The van der Waals surface area contributed by atoms with E-state index in [9.17, 15) is 4.79 Å². The summed E-state index contributed by atoms with van der Waals surface area (Å²) in [5.41, 5.74) is 0.731. The molecular formula is C20H24N4O2S. The van der Waals surface area contributed by atoms with Gasteiger partial charge in [-0.15, -0.1) is 0 Å². The number of methoxy groups -OCH3 is 1. The number of hydrogen-bond acceptors (Lipinski definition) is 6. The van der Waals surface area contributed by atoms with Gasteiger partial charge in [0.2, 0.25) is 0 Å². The molecule has 7 heteroatoms. The Morgan fingerprint density at radius 2 is 1.93 bits per heavy atom. The lowest BCUT2D eigenvalue weighted by Gasteiger charge is -2.18. The summed E-state index contributed by atoms with van der Waals surface area (Å²) in [4.78, 5) is 25.8. The molecule has 142 valence electrons. The van der Waals surface area contributed by atoms with Crippen LogP contribution in [0, 0.1) is 0 Å². The zero-order valence-corrected chi connectivity index (χ0v) is 16.7. The van der Waals surface area contributed by atoms with E-state index in [1.807, 2.05) is 30.3 Å². The maximum absolute atomic E-state index is 13.1. The van der Waals surface area contributed by atoms with Gasteiger partial charge in [-0.1, -0.05) is 25.2 Å². The average molecular weight is 385 g/mol. The molecule has 0 aliphatic rings. The van der Waals surface area contributed by atoms with Crippen LogP contribution in [0.5, 0.6) is 5.75 Å². The molecule has 0 unspecified atom stereocenters. The number of ether oxygens (including phenoxy) is 1. The Kier molecular flexibility index (Phi) is 6.36. The van der Waals surface area contributed by atoms with Crippen LogP contribution in [0.1, 0.15) is 13.8 Å². The Balaban J connectivity index is 2.11. The molecule has 6 nitrogen and oxygen atoms in total. The molecule has 0 N–H and O–H groups in total. The molecule has 1 aromatic carbocycles. The maximum Gasteiger partial charge on any atom is 0.263 e. The predicted molar refractivity (Wildman–Crippen MR) is 110 cm³/mol. The van der Waals surface area contributed by atoms with Gasteiger partial charge in [0.05, 0.1) is 18.2 Å². The third-order valence-corrected chi connectivity index (χ3v) is 5.51. The Labute approximate surface area is 162 Å². The molecular weight excluding hydrogens is 360 g/mol. The summed E-state index contributed by atoms with van der Waals surface area (Å²) in [5, 5.41) is 0.635. The van der Waals surface area contributed by atoms with Crippen LogP contribution >= 0.6 is 11.3 Å². The fourth-order valence-electron chi connectivity index (χ4n) is 2.84. The van der Waals surface area contributed by atoms with Gasteiger partial charge in [0.1, 0.15) is 10.6 Å². The number of aromatic nitrogens is 2. The highest BCUT2D eigenvalue weighted by atomic mass is 32.1.